The number of nitriles is 2. The monoisotopic (exact) mass is 372 g/mol. The number of carbonyl (C=O) groups excluding carboxylic acids is 1. The Morgan fingerprint density at radius 3 is 2.36 bits per heavy atom. The average molecular weight is 372 g/mol. The Hall–Kier alpha value is -3.77. The van der Waals surface area contributed by atoms with Crippen LogP contribution in [0.15, 0.2) is 47.2 Å². The van der Waals surface area contributed by atoms with Gasteiger partial charge in [0.05, 0.1) is 11.6 Å². The highest BCUT2D eigenvalue weighted by molar-refractivity contribution is 6.02. The van der Waals surface area contributed by atoms with E-state index in [2.05, 4.69) is 17.3 Å². The summed E-state index contributed by atoms with van der Waals surface area (Å²) in [7, 11) is 1.65. The second-order valence-electron chi connectivity index (χ2n) is 6.19. The van der Waals surface area contributed by atoms with Gasteiger partial charge in [-0.3, -0.25) is 4.79 Å². The first-order chi connectivity index (χ1) is 13.4. The quantitative estimate of drug-likeness (QED) is 0.423. The summed E-state index contributed by atoms with van der Waals surface area (Å²) >= 11 is 0. The molecule has 0 bridgehead atoms. The van der Waals surface area contributed by atoms with Gasteiger partial charge >= 0.3 is 5.91 Å². The SMILES string of the molecule is C/C=C\C(=C(/C)C#N)c1ccc(-c2c(C#N)c(CC)n(C)c2C(=O)N=O)cc1. The lowest BCUT2D eigenvalue weighted by molar-refractivity contribution is 0.0993. The lowest BCUT2D eigenvalue weighted by Gasteiger charge is -2.08. The summed E-state index contributed by atoms with van der Waals surface area (Å²) in [6, 6.07) is 11.5. The molecule has 28 heavy (non-hydrogen) atoms. The van der Waals surface area contributed by atoms with Crippen LogP contribution in [0.25, 0.3) is 16.7 Å². The van der Waals surface area contributed by atoms with Crippen LogP contribution in [0.1, 0.15) is 48.1 Å². The maximum Gasteiger partial charge on any atom is 0.333 e. The number of rotatable bonds is 5. The minimum Gasteiger partial charge on any atom is -0.342 e. The van der Waals surface area contributed by atoms with Crippen LogP contribution in [-0.4, -0.2) is 10.5 Å². The van der Waals surface area contributed by atoms with Crippen molar-refractivity contribution >= 4 is 11.5 Å². The molecule has 0 aliphatic carbocycles. The fourth-order valence-corrected chi connectivity index (χ4v) is 3.32. The number of hydrogen-bond acceptors (Lipinski definition) is 4. The van der Waals surface area contributed by atoms with Crippen LogP contribution >= 0.6 is 0 Å². The van der Waals surface area contributed by atoms with Gasteiger partial charge in [0.15, 0.2) is 0 Å². The molecule has 6 heteroatoms. The van der Waals surface area contributed by atoms with Gasteiger partial charge in [-0.1, -0.05) is 43.3 Å². The van der Waals surface area contributed by atoms with Crippen LogP contribution in [-0.2, 0) is 13.5 Å². The van der Waals surface area contributed by atoms with E-state index in [1.807, 2.05) is 38.1 Å². The Bertz CT molecular complexity index is 1070. The van der Waals surface area contributed by atoms with Gasteiger partial charge in [0, 0.05) is 29.1 Å². The molecule has 1 aromatic carbocycles. The third-order valence-corrected chi connectivity index (χ3v) is 4.64. The fourth-order valence-electron chi connectivity index (χ4n) is 3.32. The summed E-state index contributed by atoms with van der Waals surface area (Å²) in [5, 5.41) is 21.4. The molecule has 1 heterocycles. The highest BCUT2D eigenvalue weighted by Crippen LogP contribution is 2.34. The summed E-state index contributed by atoms with van der Waals surface area (Å²) in [6.07, 6.45) is 4.25. The zero-order valence-electron chi connectivity index (χ0n) is 16.3. The van der Waals surface area contributed by atoms with Gasteiger partial charge in [-0.05, 0) is 37.0 Å². The standard InChI is InChI=1S/C22H20N4O2/c1-5-7-17(14(3)12-23)15-8-10-16(11-9-15)20-18(13-24)19(6-2)26(4)21(20)22(27)25-28/h5,7-11H,6H2,1-4H3/b7-5-,17-14-. The Labute approximate surface area is 164 Å². The minimum atomic E-state index is -0.910. The number of aromatic nitrogens is 1. The molecule has 1 amide bonds. The van der Waals surface area contributed by atoms with E-state index in [1.165, 1.54) is 0 Å². The van der Waals surface area contributed by atoms with Crippen LogP contribution in [0, 0.1) is 27.6 Å². The molecule has 0 atom stereocenters. The lowest BCUT2D eigenvalue weighted by Crippen LogP contribution is -2.06. The van der Waals surface area contributed by atoms with Crippen molar-refractivity contribution in [1.82, 2.24) is 4.57 Å². The predicted octanol–water partition coefficient (Wildman–Crippen LogP) is 4.91. The maximum absolute atomic E-state index is 12.2. The van der Waals surface area contributed by atoms with Crippen molar-refractivity contribution in [3.05, 3.63) is 69.4 Å². The van der Waals surface area contributed by atoms with E-state index >= 15 is 0 Å². The molecular formula is C22H20N4O2. The van der Waals surface area contributed by atoms with E-state index in [0.717, 1.165) is 11.1 Å². The van der Waals surface area contributed by atoms with Crippen molar-refractivity contribution in [1.29, 1.82) is 10.5 Å². The van der Waals surface area contributed by atoms with Gasteiger partial charge in [-0.2, -0.15) is 10.5 Å². The molecule has 0 fully saturated rings. The molecule has 0 aliphatic heterocycles. The topological polar surface area (TPSA) is 99.0 Å². The number of amides is 1. The third kappa shape index (κ3) is 3.54. The lowest BCUT2D eigenvalue weighted by atomic mass is 9.95. The first-order valence-corrected chi connectivity index (χ1v) is 8.78. The Morgan fingerprint density at radius 1 is 1.25 bits per heavy atom. The summed E-state index contributed by atoms with van der Waals surface area (Å²) in [4.78, 5) is 23.1. The Balaban J connectivity index is 2.74. The second kappa shape index (κ2) is 8.75. The van der Waals surface area contributed by atoms with Crippen LogP contribution in [0.2, 0.25) is 0 Å². The van der Waals surface area contributed by atoms with Gasteiger partial charge in [-0.25, -0.2) is 0 Å². The van der Waals surface area contributed by atoms with Crippen LogP contribution < -0.4 is 0 Å². The van der Waals surface area contributed by atoms with E-state index in [4.69, 9.17) is 0 Å². The van der Waals surface area contributed by atoms with Crippen LogP contribution in [0.3, 0.4) is 0 Å². The van der Waals surface area contributed by atoms with Gasteiger partial charge in [0.1, 0.15) is 11.8 Å². The molecule has 2 aromatic rings. The van der Waals surface area contributed by atoms with Gasteiger partial charge in [0.2, 0.25) is 0 Å². The van der Waals surface area contributed by atoms with E-state index in [9.17, 15) is 20.2 Å². The number of benzene rings is 1. The minimum absolute atomic E-state index is 0.105. The third-order valence-electron chi connectivity index (χ3n) is 4.64. The molecule has 1 aromatic heterocycles. The fraction of sp³-hybridized carbons (Fsp3) is 0.227. The molecule has 0 saturated heterocycles. The normalized spacial score (nSPS) is 11.6. The first-order valence-electron chi connectivity index (χ1n) is 8.78. The van der Waals surface area contributed by atoms with Crippen LogP contribution in [0.5, 0.6) is 0 Å². The summed E-state index contributed by atoms with van der Waals surface area (Å²) < 4.78 is 1.57. The summed E-state index contributed by atoms with van der Waals surface area (Å²) in [5.41, 5.74) is 4.40. The summed E-state index contributed by atoms with van der Waals surface area (Å²) in [6.45, 7) is 5.50. The Kier molecular flexibility index (Phi) is 6.42. The van der Waals surface area contributed by atoms with E-state index < -0.39 is 5.91 Å². The number of nitrogens with zero attached hydrogens (tertiary/aromatic N) is 4. The van der Waals surface area contributed by atoms with Crippen LogP contribution in [0.4, 0.5) is 0 Å². The van der Waals surface area contributed by atoms with E-state index in [-0.39, 0.29) is 5.69 Å². The zero-order valence-corrected chi connectivity index (χ0v) is 16.3. The molecule has 0 aliphatic rings. The van der Waals surface area contributed by atoms with Crippen molar-refractivity contribution in [2.75, 3.05) is 0 Å². The van der Waals surface area contributed by atoms with E-state index in [1.54, 1.807) is 30.7 Å². The van der Waals surface area contributed by atoms with Crippen molar-refractivity contribution in [3.8, 4) is 23.3 Å². The number of nitroso groups, excluding NO2 is 1. The van der Waals surface area contributed by atoms with E-state index in [0.29, 0.717) is 34.4 Å². The molecule has 0 unspecified atom stereocenters. The van der Waals surface area contributed by atoms with Crippen molar-refractivity contribution in [2.45, 2.75) is 27.2 Å². The molecule has 0 N–H and O–H groups in total. The maximum atomic E-state index is 12.2. The smallest absolute Gasteiger partial charge is 0.333 e. The Morgan fingerprint density at radius 2 is 1.89 bits per heavy atom. The number of carbonyl (C=O) groups is 1. The van der Waals surface area contributed by atoms with Crippen molar-refractivity contribution in [2.24, 2.45) is 12.2 Å². The highest BCUT2D eigenvalue weighted by atomic mass is 16.3. The first kappa shape index (κ1) is 20.5. The molecule has 140 valence electrons. The number of hydrogen-bond donors (Lipinski definition) is 0. The summed E-state index contributed by atoms with van der Waals surface area (Å²) in [5.74, 6) is -0.910. The largest absolute Gasteiger partial charge is 0.342 e. The zero-order chi connectivity index (χ0) is 20.8. The molecule has 2 rings (SSSR count). The van der Waals surface area contributed by atoms with Crippen molar-refractivity contribution < 1.29 is 4.79 Å². The highest BCUT2D eigenvalue weighted by Gasteiger charge is 2.26. The van der Waals surface area contributed by atoms with Gasteiger partial charge in [-0.15, -0.1) is 4.91 Å². The number of allylic oxidation sites excluding steroid dienone is 4. The van der Waals surface area contributed by atoms with Gasteiger partial charge in [0.25, 0.3) is 0 Å². The predicted molar refractivity (Wildman–Crippen MR) is 108 cm³/mol. The van der Waals surface area contributed by atoms with Crippen molar-refractivity contribution in [3.63, 3.8) is 0 Å². The average Bonchev–Trinajstić information content (AvgIpc) is 3.02. The molecule has 0 saturated carbocycles. The molecule has 6 nitrogen and oxygen atoms in total. The van der Waals surface area contributed by atoms with Gasteiger partial charge < -0.3 is 4.57 Å². The second-order valence-corrected chi connectivity index (χ2v) is 6.19. The molecule has 0 spiro atoms. The molecule has 0 radical (unpaired) electrons. The molecular weight excluding hydrogens is 352 g/mol.